The van der Waals surface area contributed by atoms with E-state index in [1.807, 2.05) is 48.5 Å². The van der Waals surface area contributed by atoms with Gasteiger partial charge in [0.25, 0.3) is 0 Å². The van der Waals surface area contributed by atoms with Gasteiger partial charge in [-0.15, -0.1) is 0 Å². The molecule has 0 radical (unpaired) electrons. The third-order valence-electron chi connectivity index (χ3n) is 4.26. The zero-order valence-corrected chi connectivity index (χ0v) is 16.3. The Labute approximate surface area is 161 Å². The van der Waals surface area contributed by atoms with Crippen molar-refractivity contribution in [3.05, 3.63) is 60.2 Å². The van der Waals surface area contributed by atoms with E-state index in [1.54, 1.807) is 13.2 Å². The van der Waals surface area contributed by atoms with Crippen molar-refractivity contribution < 1.29 is 14.3 Å². The van der Waals surface area contributed by atoms with Gasteiger partial charge >= 0.3 is 0 Å². The van der Waals surface area contributed by atoms with Crippen molar-refractivity contribution in [3.63, 3.8) is 0 Å². The molecule has 144 valence electrons. The molecule has 2 rings (SSSR count). The molecule has 0 aromatic heterocycles. The molecule has 1 N–H and O–H groups in total. The minimum atomic E-state index is -0.222. The number of hydrogen-bond donors (Lipinski definition) is 1. The summed E-state index contributed by atoms with van der Waals surface area (Å²) in [5.74, 6) is 1.17. The number of carbonyl (C=O) groups is 1. The number of anilines is 1. The van der Waals surface area contributed by atoms with Crippen LogP contribution in [0.2, 0.25) is 0 Å². The van der Waals surface area contributed by atoms with E-state index in [-0.39, 0.29) is 5.91 Å². The maximum absolute atomic E-state index is 12.3. The molecule has 27 heavy (non-hydrogen) atoms. The second-order valence-electron chi connectivity index (χ2n) is 5.94. The molecule has 0 fully saturated rings. The summed E-state index contributed by atoms with van der Waals surface area (Å²) in [7, 11) is 1.61. The molecular formula is C22H28N2O3. The lowest BCUT2D eigenvalue weighted by Crippen LogP contribution is -2.28. The van der Waals surface area contributed by atoms with E-state index in [4.69, 9.17) is 9.47 Å². The molecule has 0 aliphatic carbocycles. The van der Waals surface area contributed by atoms with Crippen molar-refractivity contribution in [1.82, 2.24) is 4.90 Å². The molecular weight excluding hydrogens is 340 g/mol. The standard InChI is InChI=1S/C22H28N2O3/c1-4-24(5-2)16-17-27-21-13-9-7-11-19(21)23-22(25)15-14-18-10-6-8-12-20(18)26-3/h6-15H,4-5,16-17H2,1-3H3,(H,23,25)/b15-14+. The van der Waals surface area contributed by atoms with Crippen molar-refractivity contribution in [2.75, 3.05) is 38.7 Å². The van der Waals surface area contributed by atoms with Crippen LogP contribution in [0.15, 0.2) is 54.6 Å². The van der Waals surface area contributed by atoms with Crippen LogP contribution in [0.3, 0.4) is 0 Å². The highest BCUT2D eigenvalue weighted by Crippen LogP contribution is 2.24. The number of likely N-dealkylation sites (N-methyl/N-ethyl adjacent to an activating group) is 1. The van der Waals surface area contributed by atoms with Crippen molar-refractivity contribution in [2.45, 2.75) is 13.8 Å². The van der Waals surface area contributed by atoms with Gasteiger partial charge in [-0.2, -0.15) is 0 Å². The van der Waals surface area contributed by atoms with Crippen LogP contribution in [0, 0.1) is 0 Å². The minimum absolute atomic E-state index is 0.222. The normalized spacial score (nSPS) is 11.0. The number of nitrogens with zero attached hydrogens (tertiary/aromatic N) is 1. The lowest BCUT2D eigenvalue weighted by molar-refractivity contribution is -0.111. The second-order valence-corrected chi connectivity index (χ2v) is 5.94. The van der Waals surface area contributed by atoms with E-state index in [9.17, 15) is 4.79 Å². The Morgan fingerprint density at radius 2 is 1.70 bits per heavy atom. The first-order chi connectivity index (χ1) is 13.2. The van der Waals surface area contributed by atoms with Crippen molar-refractivity contribution in [2.24, 2.45) is 0 Å². The molecule has 5 heteroatoms. The van der Waals surface area contributed by atoms with E-state index in [2.05, 4.69) is 24.1 Å². The highest BCUT2D eigenvalue weighted by Gasteiger charge is 2.07. The Kier molecular flexibility index (Phi) is 8.39. The monoisotopic (exact) mass is 368 g/mol. The van der Waals surface area contributed by atoms with Crippen molar-refractivity contribution in [1.29, 1.82) is 0 Å². The fourth-order valence-corrected chi connectivity index (χ4v) is 2.66. The molecule has 5 nitrogen and oxygen atoms in total. The molecule has 0 heterocycles. The van der Waals surface area contributed by atoms with Gasteiger partial charge in [-0.3, -0.25) is 4.79 Å². The summed E-state index contributed by atoms with van der Waals surface area (Å²) in [5, 5.41) is 2.88. The average molecular weight is 368 g/mol. The summed E-state index contributed by atoms with van der Waals surface area (Å²) < 4.78 is 11.2. The van der Waals surface area contributed by atoms with Crippen LogP contribution in [-0.2, 0) is 4.79 Å². The number of carbonyl (C=O) groups excluding carboxylic acids is 1. The van der Waals surface area contributed by atoms with Gasteiger partial charge in [0, 0.05) is 18.2 Å². The lowest BCUT2D eigenvalue weighted by Gasteiger charge is -2.19. The van der Waals surface area contributed by atoms with Crippen LogP contribution in [0.25, 0.3) is 6.08 Å². The van der Waals surface area contributed by atoms with Crippen molar-refractivity contribution >= 4 is 17.7 Å². The Morgan fingerprint density at radius 3 is 2.41 bits per heavy atom. The number of benzene rings is 2. The predicted octanol–water partition coefficient (Wildman–Crippen LogP) is 4.07. The zero-order chi connectivity index (χ0) is 19.5. The first kappa shape index (κ1) is 20.5. The topological polar surface area (TPSA) is 50.8 Å². The average Bonchev–Trinajstić information content (AvgIpc) is 2.71. The van der Waals surface area contributed by atoms with Gasteiger partial charge in [0.05, 0.1) is 12.8 Å². The first-order valence-electron chi connectivity index (χ1n) is 9.24. The molecule has 0 aliphatic rings. The van der Waals surface area contributed by atoms with Crippen LogP contribution in [0.5, 0.6) is 11.5 Å². The first-order valence-corrected chi connectivity index (χ1v) is 9.24. The number of methoxy groups -OCH3 is 1. The smallest absolute Gasteiger partial charge is 0.248 e. The maximum atomic E-state index is 12.3. The van der Waals surface area contributed by atoms with E-state index in [1.165, 1.54) is 6.08 Å². The van der Waals surface area contributed by atoms with Gasteiger partial charge < -0.3 is 19.7 Å². The fourth-order valence-electron chi connectivity index (χ4n) is 2.66. The summed E-state index contributed by atoms with van der Waals surface area (Å²) >= 11 is 0. The molecule has 0 unspecified atom stereocenters. The largest absolute Gasteiger partial charge is 0.496 e. The molecule has 0 spiro atoms. The van der Waals surface area contributed by atoms with Crippen LogP contribution in [0.1, 0.15) is 19.4 Å². The van der Waals surface area contributed by atoms with Gasteiger partial charge in [0.15, 0.2) is 0 Å². The molecule has 0 bridgehead atoms. The lowest BCUT2D eigenvalue weighted by atomic mass is 10.2. The molecule has 0 atom stereocenters. The number of para-hydroxylation sites is 3. The Balaban J connectivity index is 1.98. The molecule has 0 saturated carbocycles. The number of hydrogen-bond acceptors (Lipinski definition) is 4. The zero-order valence-electron chi connectivity index (χ0n) is 16.3. The van der Waals surface area contributed by atoms with Gasteiger partial charge in [-0.1, -0.05) is 44.2 Å². The number of ether oxygens (including phenoxy) is 2. The second kappa shape index (κ2) is 11.0. The highest BCUT2D eigenvalue weighted by atomic mass is 16.5. The number of amides is 1. The van der Waals surface area contributed by atoms with Crippen molar-refractivity contribution in [3.8, 4) is 11.5 Å². The van der Waals surface area contributed by atoms with Crippen LogP contribution in [0.4, 0.5) is 5.69 Å². The van der Waals surface area contributed by atoms with Crippen LogP contribution < -0.4 is 14.8 Å². The number of nitrogens with one attached hydrogen (secondary N) is 1. The van der Waals surface area contributed by atoms with Gasteiger partial charge in [0.2, 0.25) is 5.91 Å². The summed E-state index contributed by atoms with van der Waals surface area (Å²) in [6.45, 7) is 7.67. The maximum Gasteiger partial charge on any atom is 0.248 e. The van der Waals surface area contributed by atoms with Gasteiger partial charge in [-0.25, -0.2) is 0 Å². The van der Waals surface area contributed by atoms with Crippen LogP contribution >= 0.6 is 0 Å². The van der Waals surface area contributed by atoms with Crippen LogP contribution in [-0.4, -0.2) is 44.2 Å². The molecule has 2 aromatic rings. The Bertz CT molecular complexity index is 755. The molecule has 2 aromatic carbocycles. The number of rotatable bonds is 10. The summed E-state index contributed by atoms with van der Waals surface area (Å²) in [5.41, 5.74) is 1.51. The minimum Gasteiger partial charge on any atom is -0.496 e. The summed E-state index contributed by atoms with van der Waals surface area (Å²) in [6.07, 6.45) is 3.22. The highest BCUT2D eigenvalue weighted by molar-refractivity contribution is 6.02. The van der Waals surface area contributed by atoms with E-state index in [0.717, 1.165) is 30.9 Å². The van der Waals surface area contributed by atoms with E-state index in [0.29, 0.717) is 18.0 Å². The van der Waals surface area contributed by atoms with E-state index < -0.39 is 0 Å². The quantitative estimate of drug-likeness (QED) is 0.643. The Morgan fingerprint density at radius 1 is 1.04 bits per heavy atom. The Hall–Kier alpha value is -2.79. The SMILES string of the molecule is CCN(CC)CCOc1ccccc1NC(=O)/C=C/c1ccccc1OC. The predicted molar refractivity (Wildman–Crippen MR) is 110 cm³/mol. The summed E-state index contributed by atoms with van der Waals surface area (Å²) in [4.78, 5) is 14.6. The molecule has 0 aliphatic heterocycles. The van der Waals surface area contributed by atoms with Gasteiger partial charge in [0.1, 0.15) is 18.1 Å². The third kappa shape index (κ3) is 6.46. The van der Waals surface area contributed by atoms with E-state index >= 15 is 0 Å². The molecule has 0 saturated heterocycles. The molecule has 1 amide bonds. The third-order valence-corrected chi connectivity index (χ3v) is 4.26. The van der Waals surface area contributed by atoms with Gasteiger partial charge in [-0.05, 0) is 37.4 Å². The fraction of sp³-hybridized carbons (Fsp3) is 0.318. The summed E-state index contributed by atoms with van der Waals surface area (Å²) in [6, 6.07) is 15.0.